The first-order chi connectivity index (χ1) is 17.5. The van der Waals surface area contributed by atoms with Crippen LogP contribution in [0.5, 0.6) is 0 Å². The highest BCUT2D eigenvalue weighted by Crippen LogP contribution is 2.20. The molecule has 0 saturated heterocycles. The molecule has 0 fully saturated rings. The van der Waals surface area contributed by atoms with E-state index in [1.807, 2.05) is 6.07 Å². The Bertz CT molecular complexity index is 1170. The number of nitrogens with one attached hydrogen (secondary N) is 4. The standard InChI is InChI=1S/C26H31Cl2N5O4/c1-4-37-24(36)21(10-16-8-18(27)12-19(28)9-16)33-22(34)13-29-23(35)17-6-5-7-20(11-17)32-25-30-14-26(2,3)15-31-25/h5-9,11-12,21H,4,10,13-15H2,1-3H3,(H,29,35)(H,33,34)(H2,30,31,32). The van der Waals surface area contributed by atoms with Crippen molar-refractivity contribution in [2.24, 2.45) is 10.4 Å². The molecule has 0 radical (unpaired) electrons. The molecule has 0 aromatic heterocycles. The molecular weight excluding hydrogens is 517 g/mol. The summed E-state index contributed by atoms with van der Waals surface area (Å²) in [6, 6.07) is 10.8. The number of ether oxygens (including phenoxy) is 1. The second kappa shape index (κ2) is 12.8. The average Bonchev–Trinajstić information content (AvgIpc) is 2.83. The smallest absolute Gasteiger partial charge is 0.328 e. The fourth-order valence-corrected chi connectivity index (χ4v) is 4.17. The van der Waals surface area contributed by atoms with Crippen molar-refractivity contribution < 1.29 is 19.1 Å². The third kappa shape index (κ3) is 8.94. The zero-order valence-electron chi connectivity index (χ0n) is 21.0. The van der Waals surface area contributed by atoms with Crippen molar-refractivity contribution in [3.05, 3.63) is 63.6 Å². The minimum Gasteiger partial charge on any atom is -0.464 e. The first-order valence-corrected chi connectivity index (χ1v) is 12.6. The van der Waals surface area contributed by atoms with Crippen LogP contribution >= 0.6 is 23.2 Å². The van der Waals surface area contributed by atoms with Crippen molar-refractivity contribution >= 4 is 52.6 Å². The molecule has 198 valence electrons. The van der Waals surface area contributed by atoms with E-state index in [1.54, 1.807) is 43.3 Å². The summed E-state index contributed by atoms with van der Waals surface area (Å²) in [4.78, 5) is 42.2. The minimum atomic E-state index is -0.972. The molecule has 9 nitrogen and oxygen atoms in total. The van der Waals surface area contributed by atoms with Crippen LogP contribution in [0.25, 0.3) is 0 Å². The van der Waals surface area contributed by atoms with Gasteiger partial charge in [-0.25, -0.2) is 4.79 Å². The highest BCUT2D eigenvalue weighted by molar-refractivity contribution is 6.34. The van der Waals surface area contributed by atoms with Gasteiger partial charge < -0.3 is 26.0 Å². The molecule has 0 spiro atoms. The van der Waals surface area contributed by atoms with Crippen LogP contribution in [0.3, 0.4) is 0 Å². The fraction of sp³-hybridized carbons (Fsp3) is 0.385. The lowest BCUT2D eigenvalue weighted by Crippen LogP contribution is -2.47. The molecule has 1 unspecified atom stereocenters. The van der Waals surface area contributed by atoms with E-state index in [0.717, 1.165) is 6.54 Å². The summed E-state index contributed by atoms with van der Waals surface area (Å²) in [6.45, 7) is 7.23. The van der Waals surface area contributed by atoms with E-state index in [-0.39, 0.29) is 25.0 Å². The minimum absolute atomic E-state index is 0.0843. The van der Waals surface area contributed by atoms with Gasteiger partial charge in [-0.2, -0.15) is 0 Å². The number of hydrogen-bond donors (Lipinski definition) is 4. The monoisotopic (exact) mass is 547 g/mol. The number of carbonyl (C=O) groups is 3. The number of benzene rings is 2. The molecule has 11 heteroatoms. The first kappa shape index (κ1) is 28.3. The predicted octanol–water partition coefficient (Wildman–Crippen LogP) is 3.41. The van der Waals surface area contributed by atoms with Gasteiger partial charge in [0.05, 0.1) is 13.2 Å². The number of esters is 1. The second-order valence-corrected chi connectivity index (χ2v) is 10.3. The lowest BCUT2D eigenvalue weighted by Gasteiger charge is -2.29. The lowest BCUT2D eigenvalue weighted by atomic mass is 9.93. The summed E-state index contributed by atoms with van der Waals surface area (Å²) in [6.07, 6.45) is 0.127. The van der Waals surface area contributed by atoms with E-state index < -0.39 is 23.8 Å². The molecule has 2 aromatic carbocycles. The van der Waals surface area contributed by atoms with Crippen LogP contribution < -0.4 is 21.3 Å². The molecule has 4 N–H and O–H groups in total. The van der Waals surface area contributed by atoms with Crippen molar-refractivity contribution in [3.63, 3.8) is 0 Å². The Morgan fingerprint density at radius 2 is 1.86 bits per heavy atom. The summed E-state index contributed by atoms with van der Waals surface area (Å²) in [5.41, 5.74) is 1.79. The SMILES string of the molecule is CCOC(=O)C(Cc1cc(Cl)cc(Cl)c1)NC(=O)CNC(=O)c1cccc(NC2=NCC(C)(C)CN2)c1. The molecule has 37 heavy (non-hydrogen) atoms. The number of aliphatic imine (C=N–C) groups is 1. The predicted molar refractivity (Wildman–Crippen MR) is 145 cm³/mol. The third-order valence-corrected chi connectivity index (χ3v) is 5.90. The van der Waals surface area contributed by atoms with Gasteiger partial charge in [0, 0.05) is 46.2 Å². The molecule has 3 rings (SSSR count). The normalized spacial score (nSPS) is 15.0. The molecule has 2 amide bonds. The quantitative estimate of drug-likeness (QED) is 0.357. The van der Waals surface area contributed by atoms with Crippen LogP contribution in [0.4, 0.5) is 5.69 Å². The largest absolute Gasteiger partial charge is 0.464 e. The van der Waals surface area contributed by atoms with Crippen molar-refractivity contribution in [2.45, 2.75) is 33.2 Å². The summed E-state index contributed by atoms with van der Waals surface area (Å²) in [5, 5.41) is 12.4. The Kier molecular flexibility index (Phi) is 9.77. The number of amides is 2. The Labute approximate surface area is 226 Å². The van der Waals surface area contributed by atoms with E-state index in [2.05, 4.69) is 40.1 Å². The maximum absolute atomic E-state index is 12.7. The molecule has 1 aliphatic rings. The van der Waals surface area contributed by atoms with Crippen molar-refractivity contribution in [1.29, 1.82) is 0 Å². The van der Waals surface area contributed by atoms with E-state index in [1.165, 1.54) is 0 Å². The topological polar surface area (TPSA) is 121 Å². The number of anilines is 1. The summed E-state index contributed by atoms with van der Waals surface area (Å²) in [5.74, 6) is -0.938. The van der Waals surface area contributed by atoms with Crippen molar-refractivity contribution in [2.75, 3.05) is 31.6 Å². The molecule has 1 atom stereocenters. The van der Waals surface area contributed by atoms with Gasteiger partial charge in [0.25, 0.3) is 5.91 Å². The van der Waals surface area contributed by atoms with Crippen LogP contribution in [0.15, 0.2) is 47.5 Å². The van der Waals surface area contributed by atoms with Crippen molar-refractivity contribution in [3.8, 4) is 0 Å². The number of guanidine groups is 1. The molecule has 0 saturated carbocycles. The Hall–Kier alpha value is -3.30. The highest BCUT2D eigenvalue weighted by atomic mass is 35.5. The van der Waals surface area contributed by atoms with Gasteiger partial charge in [-0.05, 0) is 48.9 Å². The van der Waals surface area contributed by atoms with Gasteiger partial charge >= 0.3 is 5.97 Å². The second-order valence-electron chi connectivity index (χ2n) is 9.43. The lowest BCUT2D eigenvalue weighted by molar-refractivity contribution is -0.147. The van der Waals surface area contributed by atoms with Gasteiger partial charge in [0.15, 0.2) is 5.96 Å². The van der Waals surface area contributed by atoms with E-state index in [0.29, 0.717) is 39.4 Å². The van der Waals surface area contributed by atoms with Gasteiger partial charge in [0.1, 0.15) is 6.04 Å². The summed E-state index contributed by atoms with van der Waals surface area (Å²) < 4.78 is 5.09. The Morgan fingerprint density at radius 3 is 2.51 bits per heavy atom. The number of halogens is 2. The molecule has 1 heterocycles. The number of carbonyl (C=O) groups excluding carboxylic acids is 3. The highest BCUT2D eigenvalue weighted by Gasteiger charge is 2.24. The molecule has 2 aromatic rings. The van der Waals surface area contributed by atoms with Crippen LogP contribution in [0, 0.1) is 5.41 Å². The van der Waals surface area contributed by atoms with Crippen LogP contribution in [-0.2, 0) is 20.7 Å². The van der Waals surface area contributed by atoms with Crippen LogP contribution in [0.1, 0.15) is 36.7 Å². The molecule has 0 aliphatic carbocycles. The van der Waals surface area contributed by atoms with E-state index >= 15 is 0 Å². The van der Waals surface area contributed by atoms with Crippen LogP contribution in [-0.4, -0.2) is 56.0 Å². The van der Waals surface area contributed by atoms with Crippen molar-refractivity contribution in [1.82, 2.24) is 16.0 Å². The summed E-state index contributed by atoms with van der Waals surface area (Å²) in [7, 11) is 0. The zero-order valence-corrected chi connectivity index (χ0v) is 22.5. The number of nitrogens with zero attached hydrogens (tertiary/aromatic N) is 1. The maximum Gasteiger partial charge on any atom is 0.328 e. The summed E-state index contributed by atoms with van der Waals surface area (Å²) >= 11 is 12.1. The molecule has 0 bridgehead atoms. The van der Waals surface area contributed by atoms with Crippen LogP contribution in [0.2, 0.25) is 10.0 Å². The third-order valence-electron chi connectivity index (χ3n) is 5.47. The Morgan fingerprint density at radius 1 is 1.14 bits per heavy atom. The number of hydrogen-bond acceptors (Lipinski definition) is 7. The Balaban J connectivity index is 1.58. The van der Waals surface area contributed by atoms with E-state index in [9.17, 15) is 14.4 Å². The fourth-order valence-electron chi connectivity index (χ4n) is 3.60. The molecule has 1 aliphatic heterocycles. The number of rotatable bonds is 9. The zero-order chi connectivity index (χ0) is 27.0. The van der Waals surface area contributed by atoms with Gasteiger partial charge in [-0.3, -0.25) is 14.6 Å². The molecular formula is C26H31Cl2N5O4. The first-order valence-electron chi connectivity index (χ1n) is 11.9. The maximum atomic E-state index is 12.7. The van der Waals surface area contributed by atoms with E-state index in [4.69, 9.17) is 27.9 Å². The van der Waals surface area contributed by atoms with Gasteiger partial charge in [-0.15, -0.1) is 0 Å². The van der Waals surface area contributed by atoms with Gasteiger partial charge in [-0.1, -0.05) is 43.1 Å². The average molecular weight is 548 g/mol. The van der Waals surface area contributed by atoms with Gasteiger partial charge in [0.2, 0.25) is 5.91 Å².